The fourth-order valence-electron chi connectivity index (χ4n) is 1.48. The Kier molecular flexibility index (Phi) is 5.12. The van der Waals surface area contributed by atoms with Crippen LogP contribution in [0, 0.1) is 5.82 Å². The first-order valence-corrected chi connectivity index (χ1v) is 6.95. The second-order valence-corrected chi connectivity index (χ2v) is 5.30. The molecule has 0 aromatic heterocycles. The van der Waals surface area contributed by atoms with Crippen LogP contribution in [0.15, 0.2) is 42.5 Å². The maximum Gasteiger partial charge on any atom is 0.283 e. The molecular formula is C14H9Cl2FN2OS. The zero-order valence-electron chi connectivity index (χ0n) is 10.5. The molecule has 7 heteroatoms. The smallest absolute Gasteiger partial charge is 0.283 e. The summed E-state index contributed by atoms with van der Waals surface area (Å²) < 4.78 is 13.0. The Bertz CT molecular complexity index is 692. The normalized spacial score (nSPS) is 10.0. The van der Waals surface area contributed by atoms with Crippen LogP contribution >= 0.6 is 35.4 Å². The molecule has 2 N–H and O–H groups in total. The van der Waals surface area contributed by atoms with E-state index in [1.165, 1.54) is 12.1 Å². The van der Waals surface area contributed by atoms with E-state index in [9.17, 15) is 9.18 Å². The van der Waals surface area contributed by atoms with Crippen molar-refractivity contribution in [1.82, 2.24) is 0 Å². The van der Waals surface area contributed by atoms with Crippen LogP contribution in [0.5, 0.6) is 0 Å². The van der Waals surface area contributed by atoms with Crippen LogP contribution in [-0.2, 0) is 4.79 Å². The predicted molar refractivity (Wildman–Crippen MR) is 87.7 cm³/mol. The summed E-state index contributed by atoms with van der Waals surface area (Å²) in [7, 11) is 0. The highest BCUT2D eigenvalue weighted by Crippen LogP contribution is 2.19. The Labute approximate surface area is 136 Å². The fourth-order valence-corrected chi connectivity index (χ4v) is 1.96. The maximum absolute atomic E-state index is 13.0. The van der Waals surface area contributed by atoms with Crippen molar-refractivity contribution in [2.24, 2.45) is 0 Å². The molecule has 0 aliphatic rings. The number of nitrogens with one attached hydrogen (secondary N) is 2. The molecule has 1 amide bonds. The Morgan fingerprint density at radius 3 is 2.24 bits per heavy atom. The monoisotopic (exact) mass is 342 g/mol. The number of halogens is 3. The number of thiocarbonyl (C=S) groups is 1. The minimum absolute atomic E-state index is 0.0298. The Morgan fingerprint density at radius 1 is 1.00 bits per heavy atom. The highest BCUT2D eigenvalue weighted by molar-refractivity contribution is 7.82. The van der Waals surface area contributed by atoms with E-state index in [2.05, 4.69) is 10.6 Å². The van der Waals surface area contributed by atoms with Crippen molar-refractivity contribution in [2.45, 2.75) is 0 Å². The third-order valence-corrected chi connectivity index (χ3v) is 3.31. The van der Waals surface area contributed by atoms with Crippen molar-refractivity contribution in [3.63, 3.8) is 0 Å². The number of carbonyl (C=O) groups is 1. The van der Waals surface area contributed by atoms with Gasteiger partial charge in [-0.25, -0.2) is 4.39 Å². The van der Waals surface area contributed by atoms with Gasteiger partial charge in [0.25, 0.3) is 5.91 Å². The van der Waals surface area contributed by atoms with Gasteiger partial charge < -0.3 is 10.6 Å². The van der Waals surface area contributed by atoms with Crippen LogP contribution in [0.4, 0.5) is 15.8 Å². The second kappa shape index (κ2) is 6.85. The number of carbonyl (C=O) groups excluding carboxylic acids is 1. The van der Waals surface area contributed by atoms with E-state index in [4.69, 9.17) is 35.4 Å². The summed E-state index contributed by atoms with van der Waals surface area (Å²) in [6.45, 7) is 0. The summed E-state index contributed by atoms with van der Waals surface area (Å²) in [5.41, 5.74) is 0.989. The van der Waals surface area contributed by atoms with Gasteiger partial charge >= 0.3 is 0 Å². The first-order chi connectivity index (χ1) is 9.95. The maximum atomic E-state index is 13.0. The molecule has 21 heavy (non-hydrogen) atoms. The van der Waals surface area contributed by atoms with Crippen LogP contribution in [-0.4, -0.2) is 10.9 Å². The third-order valence-electron chi connectivity index (χ3n) is 2.49. The SMILES string of the molecule is O=C(Nc1ccc(F)c(Cl)c1)C(=S)Nc1ccc(Cl)cc1. The minimum atomic E-state index is -0.559. The molecular weight excluding hydrogens is 334 g/mol. The number of amides is 1. The van der Waals surface area contributed by atoms with Crippen molar-refractivity contribution >= 4 is 57.7 Å². The molecule has 0 spiro atoms. The molecule has 0 heterocycles. The summed E-state index contributed by atoms with van der Waals surface area (Å²) >= 11 is 16.4. The zero-order chi connectivity index (χ0) is 15.4. The average molecular weight is 343 g/mol. The van der Waals surface area contributed by atoms with E-state index >= 15 is 0 Å². The molecule has 0 aliphatic carbocycles. The first kappa shape index (κ1) is 15.7. The minimum Gasteiger partial charge on any atom is -0.342 e. The summed E-state index contributed by atoms with van der Waals surface area (Å²) in [6.07, 6.45) is 0. The summed E-state index contributed by atoms with van der Waals surface area (Å²) in [6, 6.07) is 10.6. The molecule has 0 aliphatic heterocycles. The van der Waals surface area contributed by atoms with Crippen molar-refractivity contribution in [3.8, 4) is 0 Å². The number of hydrogen-bond donors (Lipinski definition) is 2. The van der Waals surface area contributed by atoms with Crippen LogP contribution < -0.4 is 10.6 Å². The van der Waals surface area contributed by atoms with Crippen molar-refractivity contribution in [2.75, 3.05) is 10.6 Å². The van der Waals surface area contributed by atoms with Gasteiger partial charge in [0.2, 0.25) is 0 Å². The molecule has 3 nitrogen and oxygen atoms in total. The van der Waals surface area contributed by atoms with Crippen LogP contribution in [0.1, 0.15) is 0 Å². The lowest BCUT2D eigenvalue weighted by molar-refractivity contribution is -0.110. The van der Waals surface area contributed by atoms with Gasteiger partial charge in [-0.15, -0.1) is 0 Å². The van der Waals surface area contributed by atoms with Gasteiger partial charge in [-0.3, -0.25) is 4.79 Å². The zero-order valence-corrected chi connectivity index (χ0v) is 12.8. The fraction of sp³-hybridized carbons (Fsp3) is 0. The van der Waals surface area contributed by atoms with Crippen LogP contribution in [0.2, 0.25) is 10.0 Å². The Hall–Kier alpha value is -1.69. The molecule has 2 aromatic carbocycles. The van der Waals surface area contributed by atoms with E-state index in [1.807, 2.05) is 0 Å². The van der Waals surface area contributed by atoms with E-state index in [0.717, 1.165) is 6.07 Å². The second-order valence-electron chi connectivity index (χ2n) is 4.04. The molecule has 2 aromatic rings. The quantitative estimate of drug-likeness (QED) is 0.789. The molecule has 0 saturated heterocycles. The number of benzene rings is 2. The Balaban J connectivity index is 2.00. The van der Waals surface area contributed by atoms with Gasteiger partial charge in [0.15, 0.2) is 4.99 Å². The standard InChI is InChI=1S/C14H9Cl2FN2OS/c15-8-1-3-9(4-2-8)19-14(21)13(20)18-10-5-6-12(17)11(16)7-10/h1-7H,(H,18,20)(H,19,21). The van der Waals surface area contributed by atoms with E-state index < -0.39 is 11.7 Å². The summed E-state index contributed by atoms with van der Waals surface area (Å²) in [5, 5.41) is 5.79. The number of hydrogen-bond acceptors (Lipinski definition) is 2. The van der Waals surface area contributed by atoms with Gasteiger partial charge in [-0.2, -0.15) is 0 Å². The van der Waals surface area contributed by atoms with Gasteiger partial charge in [0.1, 0.15) is 5.82 Å². The summed E-state index contributed by atoms with van der Waals surface area (Å²) in [4.78, 5) is 11.9. The molecule has 0 bridgehead atoms. The lowest BCUT2D eigenvalue weighted by Gasteiger charge is -2.09. The first-order valence-electron chi connectivity index (χ1n) is 5.78. The largest absolute Gasteiger partial charge is 0.342 e. The third kappa shape index (κ3) is 4.39. The Morgan fingerprint density at radius 2 is 1.62 bits per heavy atom. The van der Waals surface area contributed by atoms with Gasteiger partial charge in [0.05, 0.1) is 5.02 Å². The van der Waals surface area contributed by atoms with Crippen LogP contribution in [0.25, 0.3) is 0 Å². The van der Waals surface area contributed by atoms with Gasteiger partial charge in [-0.1, -0.05) is 35.4 Å². The predicted octanol–water partition coefficient (Wildman–Crippen LogP) is 4.51. The topological polar surface area (TPSA) is 41.1 Å². The molecule has 108 valence electrons. The molecule has 0 unspecified atom stereocenters. The van der Waals surface area contributed by atoms with E-state index in [1.54, 1.807) is 24.3 Å². The van der Waals surface area contributed by atoms with Gasteiger partial charge in [0, 0.05) is 16.4 Å². The summed E-state index contributed by atoms with van der Waals surface area (Å²) in [5.74, 6) is -1.08. The highest BCUT2D eigenvalue weighted by Gasteiger charge is 2.11. The van der Waals surface area contributed by atoms with Crippen molar-refractivity contribution in [3.05, 3.63) is 58.3 Å². The van der Waals surface area contributed by atoms with Crippen LogP contribution in [0.3, 0.4) is 0 Å². The van der Waals surface area contributed by atoms with Crippen molar-refractivity contribution < 1.29 is 9.18 Å². The van der Waals surface area contributed by atoms with E-state index in [-0.39, 0.29) is 10.0 Å². The lowest BCUT2D eigenvalue weighted by Crippen LogP contribution is -2.27. The molecule has 0 atom stereocenters. The molecule has 0 saturated carbocycles. The molecule has 2 rings (SSSR count). The van der Waals surface area contributed by atoms with Gasteiger partial charge in [-0.05, 0) is 42.5 Å². The van der Waals surface area contributed by atoms with Crippen molar-refractivity contribution in [1.29, 1.82) is 0 Å². The number of rotatable bonds is 2. The number of anilines is 2. The average Bonchev–Trinajstić information content (AvgIpc) is 2.45. The highest BCUT2D eigenvalue weighted by atomic mass is 35.5. The van der Waals surface area contributed by atoms with E-state index in [0.29, 0.717) is 16.4 Å². The molecule has 0 radical (unpaired) electrons. The molecule has 0 fully saturated rings. The lowest BCUT2D eigenvalue weighted by atomic mass is 10.3.